The zero-order valence-corrected chi connectivity index (χ0v) is 42.3. The van der Waals surface area contributed by atoms with Crippen molar-refractivity contribution >= 4 is 99.8 Å². The third-order valence-corrected chi connectivity index (χ3v) is 16.6. The smallest absolute Gasteiger partial charge is 0.325 e. The first kappa shape index (κ1) is 44.2. The molecule has 0 radical (unpaired) electrons. The highest BCUT2D eigenvalue weighted by Gasteiger charge is 2.81. The Morgan fingerprint density at radius 1 is 0.333 bits per heavy atom. The minimum Gasteiger partial charge on any atom is -0.494 e. The molecule has 16 rings (SSSR count). The van der Waals surface area contributed by atoms with Crippen molar-refractivity contribution in [2.45, 2.75) is 37.5 Å². The fraction of sp³-hybridized carbons (Fsp3) is 0.167. The number of urea groups is 2. The highest BCUT2D eigenvalue weighted by Crippen LogP contribution is 2.67. The molecule has 78 heavy (non-hydrogen) atoms. The van der Waals surface area contributed by atoms with Gasteiger partial charge in [0.05, 0.1) is 98.8 Å². The second kappa shape index (κ2) is 15.7. The minimum absolute atomic E-state index is 0.0304. The molecule has 0 aliphatic carbocycles. The van der Waals surface area contributed by atoms with E-state index in [2.05, 4.69) is 0 Å². The van der Waals surface area contributed by atoms with Crippen molar-refractivity contribution in [3.8, 4) is 23.0 Å². The maximum absolute atomic E-state index is 16.7. The van der Waals surface area contributed by atoms with Crippen molar-refractivity contribution in [3.05, 3.63) is 167 Å². The molecule has 6 aromatic heterocycles. The number of hydrogen-bond acceptors (Lipinski definition) is 14. The molecule has 0 bridgehead atoms. The van der Waals surface area contributed by atoms with Gasteiger partial charge in [0.1, 0.15) is 22.1 Å². The average molecular weight is 1030 g/mol. The molecule has 10 heterocycles. The van der Waals surface area contributed by atoms with Crippen LogP contribution >= 0.6 is 0 Å². The number of carbonyl (C=O) groups excluding carboxylic acids is 2. The summed E-state index contributed by atoms with van der Waals surface area (Å²) in [5, 5.41) is 3.06. The number of aromatic nitrogens is 8. The zero-order valence-electron chi connectivity index (χ0n) is 42.3. The summed E-state index contributed by atoms with van der Waals surface area (Å²) < 4.78 is 26.0. The van der Waals surface area contributed by atoms with Crippen molar-refractivity contribution in [3.63, 3.8) is 0 Å². The van der Waals surface area contributed by atoms with E-state index >= 15 is 9.59 Å². The van der Waals surface area contributed by atoms with E-state index in [0.717, 1.165) is 21.5 Å². The normalized spacial score (nSPS) is 18.6. The molecule has 4 aliphatic rings. The third-order valence-electron chi connectivity index (χ3n) is 16.6. The van der Waals surface area contributed by atoms with E-state index in [0.29, 0.717) is 123 Å². The van der Waals surface area contributed by atoms with Crippen molar-refractivity contribution < 1.29 is 28.5 Å². The predicted molar refractivity (Wildman–Crippen MR) is 291 cm³/mol. The number of hydrogen-bond donors (Lipinski definition) is 0. The summed E-state index contributed by atoms with van der Waals surface area (Å²) in [5.41, 5.74) is 7.63. The molecule has 4 amide bonds. The lowest BCUT2D eigenvalue weighted by atomic mass is 9.79. The molecule has 2 saturated heterocycles. The zero-order chi connectivity index (χ0) is 52.3. The number of rotatable bonds is 6. The molecule has 6 aromatic carbocycles. The standard InChI is InChI=1S/C60H42N12O6/c1-75-53-37-27-69-57(73)71-29-39-40(56(78-4)52-51(55(39)77-3)67-47-35-21-13-25-63-43(35)44-36(48(47)68-52)22-14-26-64-44)30-72-58(74)70(59(69,31-15-7-5-8-16-31)60(71,72)32-17-9-6-10-18-32)28-38(37)54(76-2)50-49(53)65-45-33-19-11-23-61-41(33)42-34(46(45)66-50)20-12-24-62-42/h5-26H,27-30H2,1-4H3. The van der Waals surface area contributed by atoms with E-state index in [4.69, 9.17) is 58.8 Å². The molecule has 4 aliphatic heterocycles. The molecular weight excluding hydrogens is 985 g/mol. The fourth-order valence-electron chi connectivity index (χ4n) is 13.7. The molecule has 2 fully saturated rings. The van der Waals surface area contributed by atoms with Gasteiger partial charge in [-0.2, -0.15) is 0 Å². The van der Waals surface area contributed by atoms with E-state index in [1.165, 1.54) is 0 Å². The van der Waals surface area contributed by atoms with Gasteiger partial charge < -0.3 is 18.9 Å². The molecule has 0 unspecified atom stereocenters. The monoisotopic (exact) mass is 1030 g/mol. The van der Waals surface area contributed by atoms with Crippen molar-refractivity contribution in [1.82, 2.24) is 59.5 Å². The number of benzene rings is 6. The van der Waals surface area contributed by atoms with Crippen LogP contribution in [-0.2, 0) is 37.5 Å². The lowest BCUT2D eigenvalue weighted by Crippen LogP contribution is -2.62. The van der Waals surface area contributed by atoms with Crippen molar-refractivity contribution in [2.75, 3.05) is 28.4 Å². The first-order valence-electron chi connectivity index (χ1n) is 25.4. The van der Waals surface area contributed by atoms with Crippen LogP contribution in [0.1, 0.15) is 33.4 Å². The van der Waals surface area contributed by atoms with Gasteiger partial charge >= 0.3 is 12.1 Å². The average Bonchev–Trinajstić information content (AvgIpc) is 2.14. The highest BCUT2D eigenvalue weighted by molar-refractivity contribution is 6.23. The Labute approximate surface area is 442 Å². The van der Waals surface area contributed by atoms with Crippen molar-refractivity contribution in [2.24, 2.45) is 0 Å². The summed E-state index contributed by atoms with van der Waals surface area (Å²) in [5.74, 6) is 1.60. The van der Waals surface area contributed by atoms with Crippen LogP contribution in [0.25, 0.3) is 87.7 Å². The number of pyridine rings is 4. The highest BCUT2D eigenvalue weighted by atomic mass is 16.5. The van der Waals surface area contributed by atoms with Crippen LogP contribution in [0.4, 0.5) is 9.59 Å². The lowest BCUT2D eigenvalue weighted by molar-refractivity contribution is -0.0795. The number of fused-ring (bicyclic) bond motifs is 16. The summed E-state index contributed by atoms with van der Waals surface area (Å²) in [4.78, 5) is 81.4. The maximum atomic E-state index is 16.7. The molecule has 0 atom stereocenters. The number of amides is 4. The van der Waals surface area contributed by atoms with Crippen LogP contribution < -0.4 is 18.9 Å². The SMILES string of the molecule is COc1c2c(c(OC)c3nc4c5cccnc5c5ncccc5c4nc13)CN1C(=O)N3Cc4c(c(OC)c5nc6c7cccnc7c7ncccc7c6nc5c4OC)CN4C(=O)N(C2)C1(c1ccccc1)C43c1ccccc1. The Balaban J connectivity index is 0.997. The summed E-state index contributed by atoms with van der Waals surface area (Å²) >= 11 is 0. The van der Waals surface area contributed by atoms with Crippen LogP contribution in [0.3, 0.4) is 0 Å². The minimum atomic E-state index is -1.56. The Kier molecular flexibility index (Phi) is 8.92. The molecule has 18 heteroatoms. The molecule has 18 nitrogen and oxygen atoms in total. The second-order valence-corrected chi connectivity index (χ2v) is 19.9. The molecule has 12 aromatic rings. The van der Waals surface area contributed by atoms with Crippen LogP contribution in [0.15, 0.2) is 134 Å². The molecule has 378 valence electrons. The predicted octanol–water partition coefficient (Wildman–Crippen LogP) is 10.0. The first-order chi connectivity index (χ1) is 38.4. The summed E-state index contributed by atoms with van der Waals surface area (Å²) in [6.07, 6.45) is 6.96. The Morgan fingerprint density at radius 3 is 0.833 bits per heavy atom. The van der Waals surface area contributed by atoms with E-state index in [1.54, 1.807) is 53.2 Å². The topological polar surface area (TPSA) is 187 Å². The van der Waals surface area contributed by atoms with E-state index in [-0.39, 0.29) is 38.2 Å². The van der Waals surface area contributed by atoms with Gasteiger partial charge in [0.2, 0.25) is 0 Å². The van der Waals surface area contributed by atoms with Crippen molar-refractivity contribution in [1.29, 1.82) is 0 Å². The fourth-order valence-corrected chi connectivity index (χ4v) is 13.7. The van der Waals surface area contributed by atoms with Crippen LogP contribution in [-0.4, -0.2) is 100.0 Å². The quantitative estimate of drug-likeness (QED) is 0.113. The van der Waals surface area contributed by atoms with Gasteiger partial charge in [0.25, 0.3) is 0 Å². The lowest BCUT2D eigenvalue weighted by Gasteiger charge is -2.49. The van der Waals surface area contributed by atoms with Gasteiger partial charge in [0, 0.05) is 79.7 Å². The van der Waals surface area contributed by atoms with Crippen LogP contribution in [0.5, 0.6) is 23.0 Å². The maximum Gasteiger partial charge on any atom is 0.325 e. The van der Waals surface area contributed by atoms with Gasteiger partial charge in [-0.1, -0.05) is 60.7 Å². The van der Waals surface area contributed by atoms with Gasteiger partial charge in [0.15, 0.2) is 34.3 Å². The van der Waals surface area contributed by atoms with Gasteiger partial charge in [-0.25, -0.2) is 29.5 Å². The summed E-state index contributed by atoms with van der Waals surface area (Å²) in [7, 11) is 6.39. The Hall–Kier alpha value is -10.1. The largest absolute Gasteiger partial charge is 0.494 e. The van der Waals surface area contributed by atoms with Gasteiger partial charge in [-0.15, -0.1) is 0 Å². The number of methoxy groups -OCH3 is 4. The van der Waals surface area contributed by atoms with E-state index in [1.807, 2.05) is 129 Å². The summed E-state index contributed by atoms with van der Waals surface area (Å²) in [6, 6.07) is 34.3. The first-order valence-corrected chi connectivity index (χ1v) is 25.4. The van der Waals surface area contributed by atoms with Crippen LogP contribution in [0.2, 0.25) is 0 Å². The third kappa shape index (κ3) is 5.21. The molecular formula is C60H42N12O6. The molecule has 0 N–H and O–H groups in total. The summed E-state index contributed by atoms with van der Waals surface area (Å²) in [6.45, 7) is -0.122. The molecule has 0 spiro atoms. The van der Waals surface area contributed by atoms with Gasteiger partial charge in [-0.3, -0.25) is 39.5 Å². The van der Waals surface area contributed by atoms with E-state index < -0.39 is 11.3 Å². The molecule has 0 saturated carbocycles. The van der Waals surface area contributed by atoms with Crippen LogP contribution in [0, 0.1) is 0 Å². The number of nitrogens with zero attached hydrogens (tertiary/aromatic N) is 12. The Morgan fingerprint density at radius 2 is 0.590 bits per heavy atom. The van der Waals surface area contributed by atoms with Gasteiger partial charge in [-0.05, 0) is 48.5 Å². The van der Waals surface area contributed by atoms with E-state index in [9.17, 15) is 0 Å². The number of ether oxygens (including phenoxy) is 4. The Bertz CT molecular complexity index is 4140. The second-order valence-electron chi connectivity index (χ2n) is 19.9. The number of carbonyl (C=O) groups is 2.